The van der Waals surface area contributed by atoms with E-state index < -0.39 is 0 Å². The first-order chi connectivity index (χ1) is 8.09. The summed E-state index contributed by atoms with van der Waals surface area (Å²) in [4.78, 5) is 13.9. The zero-order valence-corrected chi connectivity index (χ0v) is 11.4. The summed E-state index contributed by atoms with van der Waals surface area (Å²) in [6.07, 6.45) is 0.975. The fraction of sp³-hybridized carbons (Fsp3) is 0.462. The molecule has 1 aromatic rings. The van der Waals surface area contributed by atoms with E-state index in [9.17, 15) is 9.18 Å². The highest BCUT2D eigenvalue weighted by molar-refractivity contribution is 5.94. The Labute approximate surface area is 113 Å². The molecule has 1 aromatic carbocycles. The number of rotatable bonds is 2. The van der Waals surface area contributed by atoms with Crippen LogP contribution >= 0.6 is 12.4 Å². The minimum atomic E-state index is -0.272. The Morgan fingerprint density at radius 3 is 2.78 bits per heavy atom. The predicted molar refractivity (Wildman–Crippen MR) is 71.8 cm³/mol. The third-order valence-corrected chi connectivity index (χ3v) is 3.31. The lowest BCUT2D eigenvalue weighted by molar-refractivity contribution is 0.0743. The van der Waals surface area contributed by atoms with Gasteiger partial charge in [-0.2, -0.15) is 0 Å². The minimum Gasteiger partial charge on any atom is -0.337 e. The van der Waals surface area contributed by atoms with Gasteiger partial charge in [-0.1, -0.05) is 0 Å². The lowest BCUT2D eigenvalue weighted by atomic mass is 10.1. The van der Waals surface area contributed by atoms with Crippen LogP contribution in [0.1, 0.15) is 22.3 Å². The average Bonchev–Trinajstić information content (AvgIpc) is 2.84. The minimum absolute atomic E-state index is 0. The number of carbonyl (C=O) groups excluding carboxylic acids is 1. The second-order valence-corrected chi connectivity index (χ2v) is 4.53. The van der Waals surface area contributed by atoms with E-state index in [4.69, 9.17) is 0 Å². The van der Waals surface area contributed by atoms with Crippen LogP contribution in [0.4, 0.5) is 4.39 Å². The number of hydrogen-bond donors (Lipinski definition) is 1. The fourth-order valence-electron chi connectivity index (χ4n) is 2.12. The first-order valence-corrected chi connectivity index (χ1v) is 5.83. The molecule has 0 aromatic heterocycles. The summed E-state index contributed by atoms with van der Waals surface area (Å²) in [7, 11) is 1.80. The Hall–Kier alpha value is -1.13. The first-order valence-electron chi connectivity index (χ1n) is 5.83. The van der Waals surface area contributed by atoms with E-state index in [2.05, 4.69) is 5.32 Å². The number of benzene rings is 1. The molecule has 2 rings (SSSR count). The average molecular weight is 273 g/mol. The molecular weight excluding hydrogens is 255 g/mol. The molecule has 1 fully saturated rings. The Morgan fingerprint density at radius 1 is 1.50 bits per heavy atom. The van der Waals surface area contributed by atoms with Crippen LogP contribution in [0, 0.1) is 12.7 Å². The number of nitrogens with zero attached hydrogens (tertiary/aromatic N) is 1. The molecule has 0 spiro atoms. The molecule has 100 valence electrons. The summed E-state index contributed by atoms with van der Waals surface area (Å²) < 4.78 is 13.1. The van der Waals surface area contributed by atoms with Crippen LogP contribution in [0.25, 0.3) is 0 Å². The van der Waals surface area contributed by atoms with E-state index in [1.807, 2.05) is 0 Å². The molecule has 1 heterocycles. The number of aryl methyl sites for hydroxylation is 1. The standard InChI is InChI=1S/C13H17FN2O.ClH/c1-9-7-10(3-4-12(9)14)13(17)16(2)11-5-6-15-8-11;/h3-4,7,11,15H,5-6,8H2,1-2H3;1H. The normalized spacial score (nSPS) is 18.3. The van der Waals surface area contributed by atoms with Gasteiger partial charge < -0.3 is 10.2 Å². The molecule has 18 heavy (non-hydrogen) atoms. The van der Waals surface area contributed by atoms with Gasteiger partial charge in [0.05, 0.1) is 0 Å². The Morgan fingerprint density at radius 2 is 2.22 bits per heavy atom. The topological polar surface area (TPSA) is 32.3 Å². The molecule has 1 aliphatic heterocycles. The molecule has 0 bridgehead atoms. The number of hydrogen-bond acceptors (Lipinski definition) is 2. The van der Waals surface area contributed by atoms with Gasteiger partial charge in [0.25, 0.3) is 5.91 Å². The van der Waals surface area contributed by atoms with Gasteiger partial charge in [-0.15, -0.1) is 12.4 Å². The quantitative estimate of drug-likeness (QED) is 0.893. The van der Waals surface area contributed by atoms with Crippen molar-refractivity contribution in [1.82, 2.24) is 10.2 Å². The second kappa shape index (κ2) is 6.16. The first kappa shape index (κ1) is 14.9. The van der Waals surface area contributed by atoms with Crippen molar-refractivity contribution in [3.63, 3.8) is 0 Å². The zero-order valence-electron chi connectivity index (χ0n) is 10.6. The van der Waals surface area contributed by atoms with Crippen LogP contribution in [0.2, 0.25) is 0 Å². The maximum Gasteiger partial charge on any atom is 0.253 e. The van der Waals surface area contributed by atoms with Gasteiger partial charge in [-0.25, -0.2) is 4.39 Å². The molecular formula is C13H18ClFN2O. The van der Waals surface area contributed by atoms with E-state index in [1.165, 1.54) is 6.07 Å². The van der Waals surface area contributed by atoms with E-state index in [0.29, 0.717) is 11.1 Å². The monoisotopic (exact) mass is 272 g/mol. The van der Waals surface area contributed by atoms with Crippen molar-refractivity contribution in [3.8, 4) is 0 Å². The Kier molecular flexibility index (Phi) is 5.11. The molecule has 1 atom stereocenters. The van der Waals surface area contributed by atoms with Crippen molar-refractivity contribution in [1.29, 1.82) is 0 Å². The highest BCUT2D eigenvalue weighted by Gasteiger charge is 2.24. The molecule has 3 nitrogen and oxygen atoms in total. The molecule has 0 aliphatic carbocycles. The van der Waals surface area contributed by atoms with E-state index in [-0.39, 0.29) is 30.2 Å². The van der Waals surface area contributed by atoms with Crippen molar-refractivity contribution in [2.24, 2.45) is 0 Å². The maximum atomic E-state index is 13.1. The molecule has 0 saturated carbocycles. The highest BCUT2D eigenvalue weighted by Crippen LogP contribution is 2.14. The van der Waals surface area contributed by atoms with E-state index in [1.54, 1.807) is 31.0 Å². The van der Waals surface area contributed by atoms with Crippen molar-refractivity contribution in [3.05, 3.63) is 35.1 Å². The van der Waals surface area contributed by atoms with Crippen LogP contribution in [0.5, 0.6) is 0 Å². The smallest absolute Gasteiger partial charge is 0.253 e. The largest absolute Gasteiger partial charge is 0.337 e. The van der Waals surface area contributed by atoms with Gasteiger partial charge in [0.15, 0.2) is 0 Å². The second-order valence-electron chi connectivity index (χ2n) is 4.53. The predicted octanol–water partition coefficient (Wildman–Crippen LogP) is 1.99. The molecule has 1 unspecified atom stereocenters. The molecule has 1 amide bonds. The van der Waals surface area contributed by atoms with Gasteiger partial charge in [0.1, 0.15) is 5.82 Å². The van der Waals surface area contributed by atoms with Crippen molar-refractivity contribution < 1.29 is 9.18 Å². The molecule has 0 radical (unpaired) electrons. The van der Waals surface area contributed by atoms with Gasteiger partial charge in [0.2, 0.25) is 0 Å². The lowest BCUT2D eigenvalue weighted by Gasteiger charge is -2.24. The summed E-state index contributed by atoms with van der Waals surface area (Å²) in [5.74, 6) is -0.312. The van der Waals surface area contributed by atoms with Crippen LogP contribution in [-0.4, -0.2) is 37.0 Å². The maximum absolute atomic E-state index is 13.1. The number of amides is 1. The highest BCUT2D eigenvalue weighted by atomic mass is 35.5. The number of halogens is 2. The van der Waals surface area contributed by atoms with Gasteiger partial charge >= 0.3 is 0 Å². The molecule has 5 heteroatoms. The molecule has 1 aliphatic rings. The lowest BCUT2D eigenvalue weighted by Crippen LogP contribution is -2.38. The zero-order chi connectivity index (χ0) is 12.4. The van der Waals surface area contributed by atoms with Crippen molar-refractivity contribution >= 4 is 18.3 Å². The van der Waals surface area contributed by atoms with E-state index in [0.717, 1.165) is 19.5 Å². The van der Waals surface area contributed by atoms with Crippen LogP contribution in [0.15, 0.2) is 18.2 Å². The summed E-state index contributed by atoms with van der Waals surface area (Å²) in [5, 5.41) is 3.23. The van der Waals surface area contributed by atoms with Crippen LogP contribution < -0.4 is 5.32 Å². The summed E-state index contributed by atoms with van der Waals surface area (Å²) in [5.41, 5.74) is 1.06. The van der Waals surface area contributed by atoms with Gasteiger partial charge in [-0.3, -0.25) is 4.79 Å². The van der Waals surface area contributed by atoms with Crippen molar-refractivity contribution in [2.45, 2.75) is 19.4 Å². The van der Waals surface area contributed by atoms with Crippen LogP contribution in [-0.2, 0) is 0 Å². The van der Waals surface area contributed by atoms with Crippen molar-refractivity contribution in [2.75, 3.05) is 20.1 Å². The number of nitrogens with one attached hydrogen (secondary N) is 1. The summed E-state index contributed by atoms with van der Waals surface area (Å²) >= 11 is 0. The van der Waals surface area contributed by atoms with E-state index >= 15 is 0 Å². The molecule has 1 saturated heterocycles. The Balaban J connectivity index is 0.00000162. The fourth-order valence-corrected chi connectivity index (χ4v) is 2.12. The summed E-state index contributed by atoms with van der Waals surface area (Å²) in [6, 6.07) is 4.75. The number of likely N-dealkylation sites (N-methyl/N-ethyl adjacent to an activating group) is 1. The third kappa shape index (κ3) is 3.00. The third-order valence-electron chi connectivity index (χ3n) is 3.31. The van der Waals surface area contributed by atoms with Crippen LogP contribution in [0.3, 0.4) is 0 Å². The Bertz CT molecular complexity index is 433. The summed E-state index contributed by atoms with van der Waals surface area (Å²) in [6.45, 7) is 3.45. The SMILES string of the molecule is Cc1cc(C(=O)N(C)C2CCNC2)ccc1F.Cl. The molecule has 1 N–H and O–H groups in total. The number of carbonyl (C=O) groups is 1. The van der Waals surface area contributed by atoms with Gasteiger partial charge in [-0.05, 0) is 43.7 Å². The van der Waals surface area contributed by atoms with Gasteiger partial charge in [0, 0.05) is 25.2 Å².